The molecule has 0 saturated heterocycles. The molecule has 1 rings (SSSR count). The van der Waals surface area contributed by atoms with E-state index in [1.54, 1.807) is 4.90 Å². The van der Waals surface area contributed by atoms with Gasteiger partial charge in [-0.3, -0.25) is 4.79 Å². The third-order valence-electron chi connectivity index (χ3n) is 4.32. The van der Waals surface area contributed by atoms with Gasteiger partial charge in [-0.05, 0) is 33.6 Å². The molecule has 0 aliphatic heterocycles. The normalized spacial score (nSPS) is 18.4. The summed E-state index contributed by atoms with van der Waals surface area (Å²) in [6, 6.07) is -0.0396. The number of amides is 2. The van der Waals surface area contributed by atoms with Crippen LogP contribution in [-0.2, 0) is 4.79 Å². The van der Waals surface area contributed by atoms with E-state index in [1.165, 1.54) is 0 Å². The number of hydrogen-bond acceptors (Lipinski definition) is 2. The van der Waals surface area contributed by atoms with Crippen LogP contribution in [0.3, 0.4) is 0 Å². The van der Waals surface area contributed by atoms with Gasteiger partial charge in [-0.2, -0.15) is 0 Å². The number of aliphatic carboxylic acids is 1. The van der Waals surface area contributed by atoms with Crippen molar-refractivity contribution in [2.24, 2.45) is 5.41 Å². The van der Waals surface area contributed by atoms with Crippen LogP contribution in [0.15, 0.2) is 0 Å². The largest absolute Gasteiger partial charge is 0.481 e. The minimum absolute atomic E-state index is 0.120. The average Bonchev–Trinajstić information content (AvgIpc) is 2.63. The monoisotopic (exact) mass is 284 g/mol. The van der Waals surface area contributed by atoms with Crippen molar-refractivity contribution in [2.75, 3.05) is 13.1 Å². The second-order valence-corrected chi connectivity index (χ2v) is 6.04. The summed E-state index contributed by atoms with van der Waals surface area (Å²) in [7, 11) is 0. The number of rotatable bonds is 5. The number of carbonyl (C=O) groups excluding carboxylic acids is 1. The van der Waals surface area contributed by atoms with Crippen LogP contribution in [0.4, 0.5) is 4.79 Å². The Bertz CT molecular complexity index is 334. The van der Waals surface area contributed by atoms with Crippen molar-refractivity contribution in [3.63, 3.8) is 0 Å². The van der Waals surface area contributed by atoms with Gasteiger partial charge >= 0.3 is 12.0 Å². The van der Waals surface area contributed by atoms with Crippen LogP contribution in [0.5, 0.6) is 0 Å². The summed E-state index contributed by atoms with van der Waals surface area (Å²) in [6.07, 6.45) is 5.38. The molecular formula is C15H28N2O3. The molecule has 20 heavy (non-hydrogen) atoms. The summed E-state index contributed by atoms with van der Waals surface area (Å²) in [5.41, 5.74) is -0.775. The first-order valence-electron chi connectivity index (χ1n) is 7.71. The second kappa shape index (κ2) is 7.50. The Labute approximate surface area is 121 Å². The number of urea groups is 1. The summed E-state index contributed by atoms with van der Waals surface area (Å²) in [5, 5.41) is 12.4. The van der Waals surface area contributed by atoms with Crippen LogP contribution in [0.1, 0.15) is 59.3 Å². The summed E-state index contributed by atoms with van der Waals surface area (Å²) in [5.74, 6) is -0.771. The number of hydrogen-bond donors (Lipinski definition) is 2. The molecule has 5 heteroatoms. The minimum atomic E-state index is -0.775. The van der Waals surface area contributed by atoms with Gasteiger partial charge in [-0.1, -0.05) is 25.7 Å². The molecule has 0 aromatic heterocycles. The van der Waals surface area contributed by atoms with E-state index >= 15 is 0 Å². The smallest absolute Gasteiger partial charge is 0.317 e. The van der Waals surface area contributed by atoms with E-state index in [9.17, 15) is 14.7 Å². The molecular weight excluding hydrogens is 256 g/mol. The fourth-order valence-electron chi connectivity index (χ4n) is 2.96. The van der Waals surface area contributed by atoms with Gasteiger partial charge < -0.3 is 15.3 Å². The molecule has 0 unspecified atom stereocenters. The molecule has 116 valence electrons. The average molecular weight is 284 g/mol. The van der Waals surface area contributed by atoms with Crippen molar-refractivity contribution < 1.29 is 14.7 Å². The van der Waals surface area contributed by atoms with Crippen molar-refractivity contribution in [1.82, 2.24) is 10.2 Å². The van der Waals surface area contributed by atoms with E-state index in [2.05, 4.69) is 5.32 Å². The van der Waals surface area contributed by atoms with Gasteiger partial charge in [0.2, 0.25) is 0 Å². The fourth-order valence-corrected chi connectivity index (χ4v) is 2.96. The van der Waals surface area contributed by atoms with Crippen molar-refractivity contribution in [1.29, 1.82) is 0 Å². The van der Waals surface area contributed by atoms with Gasteiger partial charge in [0.15, 0.2) is 0 Å². The fraction of sp³-hybridized carbons (Fsp3) is 0.867. The molecule has 0 radical (unpaired) electrons. The summed E-state index contributed by atoms with van der Waals surface area (Å²) < 4.78 is 0. The molecule has 0 aromatic carbocycles. The maximum atomic E-state index is 12.1. The Morgan fingerprint density at radius 3 is 2.15 bits per heavy atom. The first-order valence-corrected chi connectivity index (χ1v) is 7.71. The summed E-state index contributed by atoms with van der Waals surface area (Å²) in [6.45, 7) is 6.72. The maximum absolute atomic E-state index is 12.1. The Balaban J connectivity index is 2.67. The molecule has 1 aliphatic rings. The van der Waals surface area contributed by atoms with Crippen LogP contribution in [0.2, 0.25) is 0 Å². The third-order valence-corrected chi connectivity index (χ3v) is 4.32. The summed E-state index contributed by atoms with van der Waals surface area (Å²) in [4.78, 5) is 25.5. The molecule has 1 aliphatic carbocycles. The van der Waals surface area contributed by atoms with E-state index in [4.69, 9.17) is 0 Å². The number of nitrogens with zero attached hydrogens (tertiary/aromatic N) is 1. The Morgan fingerprint density at radius 2 is 1.75 bits per heavy atom. The SMILES string of the molecule is CCN(C(=O)NCC1(C(=O)O)CCCCCC1)C(C)C. The van der Waals surface area contributed by atoms with Crippen LogP contribution in [0, 0.1) is 5.41 Å². The molecule has 0 spiro atoms. The lowest BCUT2D eigenvalue weighted by Gasteiger charge is -2.31. The minimum Gasteiger partial charge on any atom is -0.481 e. The Kier molecular flexibility index (Phi) is 6.30. The van der Waals surface area contributed by atoms with Gasteiger partial charge in [0, 0.05) is 19.1 Å². The van der Waals surface area contributed by atoms with Crippen molar-refractivity contribution in [3.05, 3.63) is 0 Å². The zero-order valence-corrected chi connectivity index (χ0v) is 12.9. The van der Waals surface area contributed by atoms with Crippen LogP contribution in [-0.4, -0.2) is 41.1 Å². The summed E-state index contributed by atoms with van der Waals surface area (Å²) >= 11 is 0. The van der Waals surface area contributed by atoms with Crippen molar-refractivity contribution in [2.45, 2.75) is 65.3 Å². The first kappa shape index (κ1) is 16.8. The lowest BCUT2D eigenvalue weighted by atomic mass is 9.80. The Morgan fingerprint density at radius 1 is 1.20 bits per heavy atom. The van der Waals surface area contributed by atoms with Crippen molar-refractivity contribution in [3.8, 4) is 0 Å². The standard InChI is InChI=1S/C15H28N2O3/c1-4-17(12(2)3)14(20)16-11-15(13(18)19)9-7-5-6-8-10-15/h12H,4-11H2,1-3H3,(H,16,20)(H,18,19). The van der Waals surface area contributed by atoms with Crippen molar-refractivity contribution >= 4 is 12.0 Å². The molecule has 0 aromatic rings. The quantitative estimate of drug-likeness (QED) is 0.763. The number of carbonyl (C=O) groups is 2. The topological polar surface area (TPSA) is 69.6 Å². The molecule has 0 atom stereocenters. The molecule has 0 bridgehead atoms. The Hall–Kier alpha value is -1.26. The lowest BCUT2D eigenvalue weighted by molar-refractivity contribution is -0.149. The van der Waals surface area contributed by atoms with E-state index in [0.29, 0.717) is 19.4 Å². The molecule has 0 heterocycles. The highest BCUT2D eigenvalue weighted by Crippen LogP contribution is 2.34. The predicted octanol–water partition coefficient (Wildman–Crippen LogP) is 2.85. The maximum Gasteiger partial charge on any atom is 0.317 e. The van der Waals surface area contributed by atoms with E-state index in [1.807, 2.05) is 20.8 Å². The molecule has 1 saturated carbocycles. The zero-order chi connectivity index (χ0) is 15.2. The van der Waals surface area contributed by atoms with Gasteiger partial charge in [0.25, 0.3) is 0 Å². The van der Waals surface area contributed by atoms with E-state index in [0.717, 1.165) is 25.7 Å². The lowest BCUT2D eigenvalue weighted by Crippen LogP contribution is -2.49. The third kappa shape index (κ3) is 4.12. The van der Waals surface area contributed by atoms with Gasteiger partial charge in [0.05, 0.1) is 5.41 Å². The number of carboxylic acid groups (broad SMARTS) is 1. The van der Waals surface area contributed by atoms with Crippen LogP contribution < -0.4 is 5.32 Å². The van der Waals surface area contributed by atoms with E-state index < -0.39 is 11.4 Å². The second-order valence-electron chi connectivity index (χ2n) is 6.04. The highest BCUT2D eigenvalue weighted by atomic mass is 16.4. The van der Waals surface area contributed by atoms with Crippen LogP contribution in [0.25, 0.3) is 0 Å². The van der Waals surface area contributed by atoms with E-state index in [-0.39, 0.29) is 18.6 Å². The number of carboxylic acids is 1. The zero-order valence-electron chi connectivity index (χ0n) is 12.9. The van der Waals surface area contributed by atoms with Gasteiger partial charge in [0.1, 0.15) is 0 Å². The van der Waals surface area contributed by atoms with Gasteiger partial charge in [-0.25, -0.2) is 4.79 Å². The molecule has 2 N–H and O–H groups in total. The molecule has 2 amide bonds. The van der Waals surface area contributed by atoms with Gasteiger partial charge in [-0.15, -0.1) is 0 Å². The highest BCUT2D eigenvalue weighted by molar-refractivity contribution is 5.78. The number of nitrogens with one attached hydrogen (secondary N) is 1. The van der Waals surface area contributed by atoms with Crippen LogP contribution >= 0.6 is 0 Å². The predicted molar refractivity (Wildman–Crippen MR) is 78.7 cm³/mol. The highest BCUT2D eigenvalue weighted by Gasteiger charge is 2.39. The first-order chi connectivity index (χ1) is 9.43. The molecule has 1 fully saturated rings. The molecule has 5 nitrogen and oxygen atoms in total.